The number of hydrogen-bond donors (Lipinski definition) is 1. The standard InChI is InChI=1S/C9H9N2S2.C8H6NOS2.C7H6NS2.CH5N.3W/c1-10-5-6-13-8-3-4-11-9(7-8)12-2;1-11-8-6-7(2-3-9-8)12-5-4-10;1-9-6-3-4-8-7(5-6)10-2;1-2;;;/h3-5H,1-2H3;2-4H,1H3;1,3-4H,2H3;2H2,1H3;;;/q3*-1;;;;. The van der Waals surface area contributed by atoms with E-state index < -0.39 is 0 Å². The van der Waals surface area contributed by atoms with Crippen molar-refractivity contribution in [3.63, 3.8) is 0 Å². The third kappa shape index (κ3) is 19.7. The Morgan fingerprint density at radius 3 is 1.57 bits per heavy atom. The molecule has 15 heteroatoms. The summed E-state index contributed by atoms with van der Waals surface area (Å²) in [6, 6.07) is 15.3. The van der Waals surface area contributed by atoms with Crippen LogP contribution in [0.15, 0.2) is 71.5 Å². The van der Waals surface area contributed by atoms with Gasteiger partial charge in [-0.15, -0.1) is 0 Å². The van der Waals surface area contributed by atoms with E-state index in [4.69, 9.17) is 0 Å². The maximum atomic E-state index is 10.4. The Morgan fingerprint density at radius 2 is 1.20 bits per heavy atom. The van der Waals surface area contributed by atoms with Gasteiger partial charge in [0, 0.05) is 0 Å². The molecule has 0 unspecified atom stereocenters. The van der Waals surface area contributed by atoms with E-state index in [1.165, 1.54) is 80.1 Å². The summed E-state index contributed by atoms with van der Waals surface area (Å²) in [6.45, 7) is 0. The summed E-state index contributed by atoms with van der Waals surface area (Å²) in [5, 5.41) is 2.76. The van der Waals surface area contributed by atoms with Crippen LogP contribution in [0.3, 0.4) is 0 Å². The van der Waals surface area contributed by atoms with Gasteiger partial charge < -0.3 is 5.73 Å². The molecule has 0 amide bonds. The Kier molecular flexibility index (Phi) is 27.5. The van der Waals surface area contributed by atoms with Crippen molar-refractivity contribution in [1.82, 2.24) is 15.0 Å². The fourth-order valence-corrected chi connectivity index (χ4v) is 8.33. The van der Waals surface area contributed by atoms with Crippen LogP contribution < -0.4 is 5.73 Å². The van der Waals surface area contributed by atoms with Crippen LogP contribution in [-0.2, 0) is 62.9 Å². The maximum absolute atomic E-state index is 10.4. The van der Waals surface area contributed by atoms with Crippen molar-refractivity contribution >= 4 is 93.3 Å². The van der Waals surface area contributed by atoms with Crippen LogP contribution in [0.25, 0.3) is 0 Å². The van der Waals surface area contributed by atoms with Gasteiger partial charge in [-0.1, -0.05) is 0 Å². The number of thioether (sulfide) groups is 6. The summed E-state index contributed by atoms with van der Waals surface area (Å²) < 4.78 is 4.17. The number of aromatic nitrogens is 3. The third-order valence-corrected chi connectivity index (χ3v) is 10.9. The molecular weight excluding hydrogens is 1130 g/mol. The van der Waals surface area contributed by atoms with Gasteiger partial charge in [-0.2, -0.15) is 0 Å². The van der Waals surface area contributed by atoms with Gasteiger partial charge in [0.1, 0.15) is 0 Å². The van der Waals surface area contributed by atoms with Crippen LogP contribution >= 0.6 is 70.6 Å². The SMILES string of the molecule is CN.CN=C[C](=[W])Sc1[c-]c(SC)ncc1.CSc1[c-]c(S[CH]=[W])ccn1.CSc1[c-]c(S[C](=[W])C=O)ccn1. The molecule has 0 saturated heterocycles. The van der Waals surface area contributed by atoms with E-state index in [1.54, 1.807) is 72.1 Å². The average molecular weight is 1160 g/mol. The van der Waals surface area contributed by atoms with Crippen molar-refractivity contribution in [2.45, 2.75) is 29.8 Å². The van der Waals surface area contributed by atoms with Crippen molar-refractivity contribution in [2.75, 3.05) is 32.9 Å². The molecule has 3 rings (SSSR count). The van der Waals surface area contributed by atoms with Gasteiger partial charge in [0.25, 0.3) is 0 Å². The molecule has 214 valence electrons. The number of pyridine rings is 3. The summed E-state index contributed by atoms with van der Waals surface area (Å²) in [7, 11) is 3.28. The summed E-state index contributed by atoms with van der Waals surface area (Å²) in [4.78, 5) is 30.0. The second kappa shape index (κ2) is 27.1. The molecule has 0 spiro atoms. The van der Waals surface area contributed by atoms with Gasteiger partial charge in [0.05, 0.1) is 0 Å². The molecule has 0 fully saturated rings. The van der Waals surface area contributed by atoms with Gasteiger partial charge in [0.2, 0.25) is 0 Å². The van der Waals surface area contributed by atoms with Gasteiger partial charge in [-0.3, -0.25) is 0 Å². The summed E-state index contributed by atoms with van der Waals surface area (Å²) >= 11 is 13.7. The molecule has 6 nitrogen and oxygen atoms in total. The second-order valence-corrected chi connectivity index (χ2v) is 18.6. The normalized spacial score (nSPS) is 9.65. The number of aliphatic imine (C=N–C) groups is 1. The molecule has 2 N–H and O–H groups in total. The van der Waals surface area contributed by atoms with Gasteiger partial charge >= 0.3 is 287 Å². The number of carbonyl (C=O) groups excluding carboxylic acids is 1. The molecule has 0 aromatic carbocycles. The van der Waals surface area contributed by atoms with Crippen LogP contribution in [-0.4, -0.2) is 70.5 Å². The zero-order valence-corrected chi connectivity index (χ0v) is 35.8. The number of hydrogen-bond acceptors (Lipinski definition) is 12. The van der Waals surface area contributed by atoms with Gasteiger partial charge in [-0.25, -0.2) is 0 Å². The third-order valence-electron chi connectivity index (χ3n) is 3.45. The first kappa shape index (κ1) is 40.5. The Bertz CT molecular complexity index is 1240. The van der Waals surface area contributed by atoms with Crippen LogP contribution in [0.2, 0.25) is 0 Å². The number of rotatable bonds is 11. The fourth-order valence-electron chi connectivity index (χ4n) is 1.98. The zero-order chi connectivity index (χ0) is 30.2. The van der Waals surface area contributed by atoms with Crippen LogP contribution in [0.1, 0.15) is 0 Å². The number of aldehydes is 1. The molecule has 0 bridgehead atoms. The van der Waals surface area contributed by atoms with Crippen molar-refractivity contribution in [3.05, 3.63) is 55.0 Å². The molecule has 0 atom stereocenters. The summed E-state index contributed by atoms with van der Waals surface area (Å²) in [5.41, 5.74) is 4.50. The molecule has 0 aliphatic rings. The minimum absolute atomic E-state index is 0.814. The first-order valence-electron chi connectivity index (χ1n) is 10.6. The molecular formula is C25H26N5OS6W3-3. The number of carbonyl (C=O) groups is 1. The predicted molar refractivity (Wildman–Crippen MR) is 169 cm³/mol. The van der Waals surface area contributed by atoms with E-state index in [0.717, 1.165) is 39.3 Å². The quantitative estimate of drug-likeness (QED) is 0.119. The van der Waals surface area contributed by atoms with Crippen LogP contribution in [0.5, 0.6) is 0 Å². The predicted octanol–water partition coefficient (Wildman–Crippen LogP) is 5.22. The molecule has 0 radical (unpaired) electrons. The average Bonchev–Trinajstić information content (AvgIpc) is 2.99. The molecule has 40 heavy (non-hydrogen) atoms. The zero-order valence-electron chi connectivity index (χ0n) is 22.1. The van der Waals surface area contributed by atoms with Gasteiger partial charge in [0.15, 0.2) is 0 Å². The second-order valence-electron chi connectivity index (χ2n) is 5.89. The van der Waals surface area contributed by atoms with Crippen molar-refractivity contribution in [2.24, 2.45) is 10.7 Å². The first-order valence-corrected chi connectivity index (χ1v) is 21.5. The minimum atomic E-state index is 0.814. The topological polar surface area (TPSA) is 94.1 Å². The molecule has 3 heterocycles. The Balaban J connectivity index is 0.000000556. The van der Waals surface area contributed by atoms with E-state index in [2.05, 4.69) is 47.6 Å². The monoisotopic (exact) mass is 1160 g/mol. The van der Waals surface area contributed by atoms with Crippen molar-refractivity contribution < 1.29 is 62.9 Å². The molecule has 3 aromatic heterocycles. The van der Waals surface area contributed by atoms with Crippen LogP contribution in [0, 0.1) is 18.2 Å². The van der Waals surface area contributed by atoms with Crippen molar-refractivity contribution in [1.29, 1.82) is 0 Å². The van der Waals surface area contributed by atoms with E-state index in [-0.39, 0.29) is 0 Å². The number of nitrogens with zero attached hydrogens (tertiary/aromatic N) is 4. The first-order chi connectivity index (χ1) is 19.4. The molecule has 3 aromatic rings. The fraction of sp³-hybridized carbons (Fsp3) is 0.200. The molecule has 0 aliphatic heterocycles. The molecule has 0 aliphatic carbocycles. The summed E-state index contributed by atoms with van der Waals surface area (Å²) in [6.07, 6.45) is 14.1. The van der Waals surface area contributed by atoms with E-state index in [0.29, 0.717) is 0 Å². The van der Waals surface area contributed by atoms with E-state index in [9.17, 15) is 4.79 Å². The van der Waals surface area contributed by atoms with E-state index in [1.807, 2.05) is 55.6 Å². The number of nitrogens with two attached hydrogens (primary N) is 1. The van der Waals surface area contributed by atoms with Crippen molar-refractivity contribution in [3.8, 4) is 0 Å². The van der Waals surface area contributed by atoms with Crippen LogP contribution in [0.4, 0.5) is 0 Å². The summed E-state index contributed by atoms with van der Waals surface area (Å²) in [5.74, 6) is 0. The Morgan fingerprint density at radius 1 is 0.800 bits per heavy atom. The van der Waals surface area contributed by atoms with E-state index >= 15 is 0 Å². The Hall–Kier alpha value is 0.525. The molecule has 0 saturated carbocycles. The Labute approximate surface area is 295 Å². The van der Waals surface area contributed by atoms with Gasteiger partial charge in [-0.05, 0) is 7.05 Å².